The van der Waals surface area contributed by atoms with Crippen molar-refractivity contribution < 1.29 is 14.7 Å². The summed E-state index contributed by atoms with van der Waals surface area (Å²) in [7, 11) is 0. The first-order valence-corrected chi connectivity index (χ1v) is 9.79. The van der Waals surface area contributed by atoms with Gasteiger partial charge in [-0.1, -0.05) is 47.5 Å². The lowest BCUT2D eigenvalue weighted by Crippen LogP contribution is -2.33. The van der Waals surface area contributed by atoms with E-state index in [0.717, 1.165) is 16.7 Å². The highest BCUT2D eigenvalue weighted by Crippen LogP contribution is 2.38. The lowest BCUT2D eigenvalue weighted by Gasteiger charge is -2.27. The Kier molecular flexibility index (Phi) is 5.12. The normalized spacial score (nSPS) is 17.9. The summed E-state index contributed by atoms with van der Waals surface area (Å²) in [5.41, 5.74) is 5.24. The molecule has 0 aromatic heterocycles. The van der Waals surface area contributed by atoms with E-state index in [2.05, 4.69) is 30.3 Å². The number of carbonyl (C=O) groups is 2. The Morgan fingerprint density at radius 3 is 2.45 bits per heavy atom. The number of carboxylic acids is 1. The number of allylic oxidation sites excluding steroid dienone is 2. The molecule has 0 fully saturated rings. The van der Waals surface area contributed by atoms with Gasteiger partial charge in [-0.25, -0.2) is 0 Å². The van der Waals surface area contributed by atoms with Crippen LogP contribution in [0.4, 0.5) is 0 Å². The van der Waals surface area contributed by atoms with Crippen LogP contribution in [0.2, 0.25) is 5.02 Å². The van der Waals surface area contributed by atoms with E-state index in [9.17, 15) is 14.7 Å². The van der Waals surface area contributed by atoms with Crippen LogP contribution in [-0.2, 0) is 4.79 Å². The highest BCUT2D eigenvalue weighted by molar-refractivity contribution is 6.30. The molecule has 146 valence electrons. The van der Waals surface area contributed by atoms with Crippen LogP contribution in [-0.4, -0.2) is 34.3 Å². The van der Waals surface area contributed by atoms with Crippen molar-refractivity contribution in [2.45, 2.75) is 19.4 Å². The Bertz CT molecular complexity index is 1060. The highest BCUT2D eigenvalue weighted by Gasteiger charge is 2.35. The van der Waals surface area contributed by atoms with E-state index in [1.54, 1.807) is 35.4 Å². The highest BCUT2D eigenvalue weighted by atomic mass is 35.5. The zero-order valence-electron chi connectivity index (χ0n) is 15.9. The molecular weight excluding hydrogens is 386 g/mol. The predicted molar refractivity (Wildman–Crippen MR) is 114 cm³/mol. The van der Waals surface area contributed by atoms with Crippen LogP contribution in [0.1, 0.15) is 27.9 Å². The molecule has 0 amide bonds. The number of rotatable bonds is 5. The zero-order valence-corrected chi connectivity index (χ0v) is 16.7. The first-order valence-electron chi connectivity index (χ1n) is 9.41. The van der Waals surface area contributed by atoms with Crippen molar-refractivity contribution >= 4 is 28.9 Å². The summed E-state index contributed by atoms with van der Waals surface area (Å²) in [6.07, 6.45) is 6.46. The molecule has 1 atom stereocenters. The summed E-state index contributed by atoms with van der Waals surface area (Å²) >= 11 is 5.95. The fourth-order valence-electron chi connectivity index (χ4n) is 3.80. The summed E-state index contributed by atoms with van der Waals surface area (Å²) < 4.78 is 0. The molecule has 1 aliphatic carbocycles. The second kappa shape index (κ2) is 7.72. The minimum absolute atomic E-state index is 0.129. The summed E-state index contributed by atoms with van der Waals surface area (Å²) in [6, 6.07) is 14.9. The molecule has 0 spiro atoms. The Balaban J connectivity index is 1.72. The van der Waals surface area contributed by atoms with Gasteiger partial charge in [0.15, 0.2) is 5.78 Å². The van der Waals surface area contributed by atoms with Crippen molar-refractivity contribution in [3.63, 3.8) is 0 Å². The number of Topliss-reactive ketones (excluding diaryl/α,β-unsaturated/α-hetero) is 1. The summed E-state index contributed by atoms with van der Waals surface area (Å²) in [5.74, 6) is -1.05. The van der Waals surface area contributed by atoms with Crippen molar-refractivity contribution in [2.75, 3.05) is 6.54 Å². The van der Waals surface area contributed by atoms with E-state index in [1.807, 2.05) is 13.0 Å². The maximum absolute atomic E-state index is 13.2. The molecule has 2 aromatic rings. The topological polar surface area (TPSA) is 57.6 Å². The standard InChI is InChI=1S/C24H20ClNO3/c1-15-2-4-16(5-3-15)18-8-11-22-20(12-18)21(13-26(22)14-23(27)28)24(29)17-6-9-19(25)10-7-17/h2-10,12-13,22H,11,14H2,1H3,(H,27,28). The number of halogens is 1. The molecule has 1 heterocycles. The average molecular weight is 406 g/mol. The number of hydrogen-bond donors (Lipinski definition) is 1. The molecular formula is C24H20ClNO3. The Hall–Kier alpha value is -3.11. The van der Waals surface area contributed by atoms with Gasteiger partial charge in [0.05, 0.1) is 6.04 Å². The van der Waals surface area contributed by atoms with E-state index in [0.29, 0.717) is 22.6 Å². The minimum Gasteiger partial charge on any atom is -0.480 e. The van der Waals surface area contributed by atoms with Gasteiger partial charge in [0.1, 0.15) is 6.54 Å². The molecule has 2 aromatic carbocycles. The van der Waals surface area contributed by atoms with E-state index >= 15 is 0 Å². The van der Waals surface area contributed by atoms with Crippen LogP contribution in [0, 0.1) is 6.92 Å². The molecule has 5 heteroatoms. The molecule has 4 rings (SSSR count). The maximum Gasteiger partial charge on any atom is 0.323 e. The molecule has 29 heavy (non-hydrogen) atoms. The van der Waals surface area contributed by atoms with Gasteiger partial charge in [0, 0.05) is 22.4 Å². The second-order valence-corrected chi connectivity index (χ2v) is 7.76. The van der Waals surface area contributed by atoms with Gasteiger partial charge in [0.2, 0.25) is 0 Å². The molecule has 0 saturated carbocycles. The summed E-state index contributed by atoms with van der Waals surface area (Å²) in [4.78, 5) is 26.2. The molecule has 0 saturated heterocycles. The van der Waals surface area contributed by atoms with Crippen molar-refractivity contribution in [2.24, 2.45) is 0 Å². The number of benzene rings is 2. The number of carboxylic acid groups (broad SMARTS) is 1. The number of hydrogen-bond acceptors (Lipinski definition) is 3. The first kappa shape index (κ1) is 19.2. The smallest absolute Gasteiger partial charge is 0.323 e. The van der Waals surface area contributed by atoms with Gasteiger partial charge >= 0.3 is 5.97 Å². The third-order valence-electron chi connectivity index (χ3n) is 5.29. The third kappa shape index (κ3) is 3.89. The monoisotopic (exact) mass is 405 g/mol. The van der Waals surface area contributed by atoms with Crippen LogP contribution in [0.3, 0.4) is 0 Å². The Labute approximate surface area is 174 Å². The molecule has 1 unspecified atom stereocenters. The van der Waals surface area contributed by atoms with Crippen molar-refractivity contribution in [3.05, 3.63) is 99.7 Å². The largest absolute Gasteiger partial charge is 0.480 e. The number of carbonyl (C=O) groups excluding carboxylic acids is 1. The van der Waals surface area contributed by atoms with Gasteiger partial charge in [-0.05, 0) is 60.4 Å². The lowest BCUT2D eigenvalue weighted by atomic mass is 9.86. The van der Waals surface area contributed by atoms with Crippen molar-refractivity contribution in [1.29, 1.82) is 0 Å². The van der Waals surface area contributed by atoms with Gasteiger partial charge in [0.25, 0.3) is 0 Å². The molecule has 4 nitrogen and oxygen atoms in total. The van der Waals surface area contributed by atoms with Crippen LogP contribution in [0.5, 0.6) is 0 Å². The molecule has 2 aliphatic rings. The fourth-order valence-corrected chi connectivity index (χ4v) is 3.92. The van der Waals surface area contributed by atoms with Crippen LogP contribution in [0.15, 0.2) is 78.0 Å². The number of nitrogens with zero attached hydrogens (tertiary/aromatic N) is 1. The SMILES string of the molecule is Cc1ccc(C2=CCC3C(=C2)C(C(=O)c2ccc(Cl)cc2)=CN3CC(=O)O)cc1. The van der Waals surface area contributed by atoms with Crippen LogP contribution < -0.4 is 0 Å². The fraction of sp³-hybridized carbons (Fsp3) is 0.167. The van der Waals surface area contributed by atoms with E-state index in [1.165, 1.54) is 5.56 Å². The number of aliphatic carboxylic acids is 1. The lowest BCUT2D eigenvalue weighted by molar-refractivity contribution is -0.137. The second-order valence-electron chi connectivity index (χ2n) is 7.32. The maximum atomic E-state index is 13.2. The first-order chi connectivity index (χ1) is 13.9. The van der Waals surface area contributed by atoms with Gasteiger partial charge in [-0.3, -0.25) is 9.59 Å². The summed E-state index contributed by atoms with van der Waals surface area (Å²) in [5, 5.41) is 9.85. The Morgan fingerprint density at radius 1 is 1.10 bits per heavy atom. The van der Waals surface area contributed by atoms with Crippen molar-refractivity contribution in [1.82, 2.24) is 4.90 Å². The number of aryl methyl sites for hydroxylation is 1. The third-order valence-corrected chi connectivity index (χ3v) is 5.54. The van der Waals surface area contributed by atoms with Gasteiger partial charge in [-0.15, -0.1) is 0 Å². The molecule has 1 aliphatic heterocycles. The van der Waals surface area contributed by atoms with Crippen LogP contribution >= 0.6 is 11.6 Å². The van der Waals surface area contributed by atoms with E-state index in [-0.39, 0.29) is 18.4 Å². The van der Waals surface area contributed by atoms with Gasteiger partial charge < -0.3 is 10.0 Å². The Morgan fingerprint density at radius 2 is 1.79 bits per heavy atom. The number of ketones is 1. The molecule has 1 N–H and O–H groups in total. The van der Waals surface area contributed by atoms with Crippen LogP contribution in [0.25, 0.3) is 5.57 Å². The quantitative estimate of drug-likeness (QED) is 0.719. The molecule has 0 radical (unpaired) electrons. The minimum atomic E-state index is -0.922. The van der Waals surface area contributed by atoms with E-state index < -0.39 is 5.97 Å². The van der Waals surface area contributed by atoms with Crippen molar-refractivity contribution in [3.8, 4) is 0 Å². The van der Waals surface area contributed by atoms with E-state index in [4.69, 9.17) is 11.6 Å². The molecule has 0 bridgehead atoms. The average Bonchev–Trinajstić information content (AvgIpc) is 3.05. The number of fused-ring (bicyclic) bond motifs is 1. The predicted octanol–water partition coefficient (Wildman–Crippen LogP) is 4.90. The zero-order chi connectivity index (χ0) is 20.5. The summed E-state index contributed by atoms with van der Waals surface area (Å²) in [6.45, 7) is 1.90. The van der Waals surface area contributed by atoms with Gasteiger partial charge in [-0.2, -0.15) is 0 Å².